The fraction of sp³-hybridized carbons (Fsp3) is 0.167. The zero-order chi connectivity index (χ0) is 14.0. The van der Waals surface area contributed by atoms with Crippen LogP contribution in [0, 0.1) is 24.0 Å². The van der Waals surface area contributed by atoms with Gasteiger partial charge in [-0.05, 0) is 25.5 Å². The molecule has 0 aliphatic rings. The highest BCUT2D eigenvalue weighted by Gasteiger charge is 2.17. The van der Waals surface area contributed by atoms with Gasteiger partial charge in [0.05, 0.1) is 4.92 Å². The normalized spacial score (nSPS) is 10.2. The summed E-state index contributed by atoms with van der Waals surface area (Å²) >= 11 is 0. The number of aryl methyl sites for hydroxylation is 2. The van der Waals surface area contributed by atoms with Crippen molar-refractivity contribution in [3.63, 3.8) is 0 Å². The Balaban J connectivity index is 2.45. The zero-order valence-electron chi connectivity index (χ0n) is 10.5. The third-order valence-electron chi connectivity index (χ3n) is 2.46. The van der Waals surface area contributed by atoms with E-state index in [9.17, 15) is 10.1 Å². The lowest BCUT2D eigenvalue weighted by Gasteiger charge is -2.08. The molecular formula is C12H12N4O3. The molecule has 0 radical (unpaired) electrons. The standard InChI is InChI=1S/C12H12N4O3/c1-7-3-4-9(16(17)18)10(5-7)19-11-8(2)6-14-12(13)15-11/h3-6H,1-2H3,(H2,13,14,15). The van der Waals surface area contributed by atoms with E-state index >= 15 is 0 Å². The van der Waals surface area contributed by atoms with Crippen LogP contribution >= 0.6 is 0 Å². The molecule has 7 nitrogen and oxygen atoms in total. The van der Waals surface area contributed by atoms with E-state index in [0.29, 0.717) is 5.56 Å². The van der Waals surface area contributed by atoms with E-state index in [1.807, 2.05) is 6.92 Å². The zero-order valence-corrected chi connectivity index (χ0v) is 10.5. The SMILES string of the molecule is Cc1ccc([N+](=O)[O-])c(Oc2nc(N)ncc2C)c1. The smallest absolute Gasteiger partial charge is 0.311 e. The van der Waals surface area contributed by atoms with Gasteiger partial charge in [-0.1, -0.05) is 6.07 Å². The summed E-state index contributed by atoms with van der Waals surface area (Å²) in [5.41, 5.74) is 6.84. The summed E-state index contributed by atoms with van der Waals surface area (Å²) < 4.78 is 5.49. The Hall–Kier alpha value is -2.70. The summed E-state index contributed by atoms with van der Waals surface area (Å²) in [5, 5.41) is 10.9. The van der Waals surface area contributed by atoms with Gasteiger partial charge in [0.15, 0.2) is 0 Å². The first kappa shape index (κ1) is 12.7. The van der Waals surface area contributed by atoms with Crippen LogP contribution < -0.4 is 10.5 Å². The van der Waals surface area contributed by atoms with Crippen molar-refractivity contribution in [3.8, 4) is 11.6 Å². The molecule has 0 saturated carbocycles. The molecule has 0 aliphatic heterocycles. The quantitative estimate of drug-likeness (QED) is 0.671. The van der Waals surface area contributed by atoms with Gasteiger partial charge in [0.1, 0.15) is 0 Å². The molecule has 2 aromatic rings. The summed E-state index contributed by atoms with van der Waals surface area (Å²) in [6.07, 6.45) is 1.50. The highest BCUT2D eigenvalue weighted by Crippen LogP contribution is 2.32. The Morgan fingerprint density at radius 1 is 1.37 bits per heavy atom. The van der Waals surface area contributed by atoms with Crippen molar-refractivity contribution < 1.29 is 9.66 Å². The Kier molecular flexibility index (Phi) is 3.28. The molecule has 1 aromatic carbocycles. The van der Waals surface area contributed by atoms with Crippen LogP contribution in [0.2, 0.25) is 0 Å². The minimum atomic E-state index is -0.505. The van der Waals surface area contributed by atoms with Gasteiger partial charge < -0.3 is 10.5 Å². The largest absolute Gasteiger partial charge is 0.431 e. The van der Waals surface area contributed by atoms with Crippen molar-refractivity contribution in [3.05, 3.63) is 45.6 Å². The molecule has 0 amide bonds. The number of hydrogen-bond donors (Lipinski definition) is 1. The second-order valence-electron chi connectivity index (χ2n) is 4.05. The molecule has 1 heterocycles. The van der Waals surface area contributed by atoms with Crippen LogP contribution in [0.15, 0.2) is 24.4 Å². The molecule has 2 N–H and O–H groups in total. The lowest BCUT2D eigenvalue weighted by atomic mass is 10.2. The molecule has 98 valence electrons. The number of rotatable bonds is 3. The molecule has 0 aliphatic carbocycles. The lowest BCUT2D eigenvalue weighted by molar-refractivity contribution is -0.385. The maximum Gasteiger partial charge on any atom is 0.311 e. The van der Waals surface area contributed by atoms with E-state index in [-0.39, 0.29) is 23.3 Å². The summed E-state index contributed by atoms with van der Waals surface area (Å²) in [5.74, 6) is 0.392. The maximum atomic E-state index is 10.9. The van der Waals surface area contributed by atoms with Crippen LogP contribution in [-0.4, -0.2) is 14.9 Å². The van der Waals surface area contributed by atoms with Gasteiger partial charge in [-0.15, -0.1) is 0 Å². The molecule has 0 fully saturated rings. The highest BCUT2D eigenvalue weighted by atomic mass is 16.6. The molecule has 7 heteroatoms. The predicted molar refractivity (Wildman–Crippen MR) is 69.1 cm³/mol. The Morgan fingerprint density at radius 3 is 2.79 bits per heavy atom. The Labute approximate surface area is 109 Å². The number of anilines is 1. The van der Waals surface area contributed by atoms with E-state index in [4.69, 9.17) is 10.5 Å². The summed E-state index contributed by atoms with van der Waals surface area (Å²) in [6.45, 7) is 3.55. The summed E-state index contributed by atoms with van der Waals surface area (Å²) in [4.78, 5) is 18.2. The summed E-state index contributed by atoms with van der Waals surface area (Å²) in [6, 6.07) is 4.62. The molecule has 1 aromatic heterocycles. The van der Waals surface area contributed by atoms with E-state index in [2.05, 4.69) is 9.97 Å². The van der Waals surface area contributed by atoms with E-state index in [0.717, 1.165) is 5.56 Å². The molecule has 0 unspecified atom stereocenters. The molecule has 0 saturated heterocycles. The first-order valence-electron chi connectivity index (χ1n) is 5.49. The van der Waals surface area contributed by atoms with Crippen molar-refractivity contribution in [2.24, 2.45) is 0 Å². The third kappa shape index (κ3) is 2.76. The van der Waals surface area contributed by atoms with Gasteiger partial charge in [-0.25, -0.2) is 4.98 Å². The number of benzene rings is 1. The van der Waals surface area contributed by atoms with Crippen LogP contribution in [0.3, 0.4) is 0 Å². The second-order valence-corrected chi connectivity index (χ2v) is 4.05. The van der Waals surface area contributed by atoms with Crippen molar-refractivity contribution in [1.82, 2.24) is 9.97 Å². The number of nitrogen functional groups attached to an aromatic ring is 1. The van der Waals surface area contributed by atoms with Gasteiger partial charge >= 0.3 is 5.69 Å². The molecule has 0 bridgehead atoms. The average molecular weight is 260 g/mol. The topological polar surface area (TPSA) is 104 Å². The van der Waals surface area contributed by atoms with Crippen LogP contribution in [-0.2, 0) is 0 Å². The fourth-order valence-electron chi connectivity index (χ4n) is 1.50. The van der Waals surface area contributed by atoms with Crippen molar-refractivity contribution >= 4 is 11.6 Å². The fourth-order valence-corrected chi connectivity index (χ4v) is 1.50. The molecule has 0 spiro atoms. The van der Waals surface area contributed by atoms with Crippen molar-refractivity contribution in [2.75, 3.05) is 5.73 Å². The number of nitrogens with two attached hydrogens (primary N) is 1. The van der Waals surface area contributed by atoms with Gasteiger partial charge in [-0.3, -0.25) is 10.1 Å². The van der Waals surface area contributed by atoms with Crippen LogP contribution in [0.5, 0.6) is 11.6 Å². The van der Waals surface area contributed by atoms with Gasteiger partial charge in [0.2, 0.25) is 17.6 Å². The van der Waals surface area contributed by atoms with Crippen molar-refractivity contribution in [2.45, 2.75) is 13.8 Å². The first-order chi connectivity index (χ1) is 8.97. The number of nitro groups is 1. The van der Waals surface area contributed by atoms with Gasteiger partial charge in [0, 0.05) is 17.8 Å². The third-order valence-corrected chi connectivity index (χ3v) is 2.46. The van der Waals surface area contributed by atoms with Gasteiger partial charge in [0.25, 0.3) is 0 Å². The van der Waals surface area contributed by atoms with E-state index in [1.54, 1.807) is 19.1 Å². The number of aromatic nitrogens is 2. The highest BCUT2D eigenvalue weighted by molar-refractivity contribution is 5.50. The van der Waals surface area contributed by atoms with Crippen LogP contribution in [0.4, 0.5) is 11.6 Å². The monoisotopic (exact) mass is 260 g/mol. The Morgan fingerprint density at radius 2 is 2.11 bits per heavy atom. The number of hydrogen-bond acceptors (Lipinski definition) is 6. The molecular weight excluding hydrogens is 248 g/mol. The van der Waals surface area contributed by atoms with E-state index in [1.165, 1.54) is 12.3 Å². The summed E-state index contributed by atoms with van der Waals surface area (Å²) in [7, 11) is 0. The molecule has 0 atom stereocenters. The van der Waals surface area contributed by atoms with Gasteiger partial charge in [-0.2, -0.15) is 4.98 Å². The lowest BCUT2D eigenvalue weighted by Crippen LogP contribution is -2.00. The maximum absolute atomic E-state index is 10.9. The Bertz CT molecular complexity index is 643. The van der Waals surface area contributed by atoms with Crippen LogP contribution in [0.1, 0.15) is 11.1 Å². The van der Waals surface area contributed by atoms with E-state index < -0.39 is 4.92 Å². The minimum Gasteiger partial charge on any atom is -0.431 e. The minimum absolute atomic E-state index is 0.0518. The predicted octanol–water partition coefficient (Wildman–Crippen LogP) is 2.38. The molecule has 19 heavy (non-hydrogen) atoms. The van der Waals surface area contributed by atoms with Crippen LogP contribution in [0.25, 0.3) is 0 Å². The molecule has 2 rings (SSSR count). The second kappa shape index (κ2) is 4.89. The number of ether oxygens (including phenoxy) is 1. The van der Waals surface area contributed by atoms with Crippen molar-refractivity contribution in [1.29, 1.82) is 0 Å². The average Bonchev–Trinajstić information content (AvgIpc) is 2.33. The number of nitrogens with zero attached hydrogens (tertiary/aromatic N) is 3. The number of nitro benzene ring substituents is 1. The first-order valence-corrected chi connectivity index (χ1v) is 5.49.